The summed E-state index contributed by atoms with van der Waals surface area (Å²) >= 11 is 12.0. The van der Waals surface area contributed by atoms with Crippen LogP contribution >= 0.6 is 23.2 Å². The van der Waals surface area contributed by atoms with Crippen LogP contribution in [0.25, 0.3) is 0 Å². The fourth-order valence-corrected chi connectivity index (χ4v) is 2.27. The topological polar surface area (TPSA) is 55.5 Å². The molecular weight excluding hydrogens is 285 g/mol. The number of halogens is 2. The molecule has 0 aliphatic carbocycles. The molecule has 0 aliphatic rings. The number of hydrogen-bond donors (Lipinski definition) is 2. The first kappa shape index (κ1) is 14.0. The van der Waals surface area contributed by atoms with Crippen molar-refractivity contribution in [3.8, 4) is 5.75 Å². The van der Waals surface area contributed by atoms with Crippen molar-refractivity contribution >= 4 is 28.9 Å². The second kappa shape index (κ2) is 5.70. The maximum Gasteiger partial charge on any atom is 0.142 e. The van der Waals surface area contributed by atoms with Gasteiger partial charge in [0.15, 0.2) is 0 Å². The number of ether oxygens (including phenoxy) is 1. The van der Waals surface area contributed by atoms with Crippen molar-refractivity contribution in [2.45, 2.75) is 6.10 Å². The number of methoxy groups -OCH3 is 1. The zero-order valence-electron chi connectivity index (χ0n) is 10.2. The highest BCUT2D eigenvalue weighted by molar-refractivity contribution is 6.33. The molecule has 0 aromatic heterocycles. The number of nitrogens with two attached hydrogens (primary N) is 1. The maximum absolute atomic E-state index is 10.4. The van der Waals surface area contributed by atoms with Gasteiger partial charge in [0.1, 0.15) is 11.9 Å². The van der Waals surface area contributed by atoms with Crippen molar-refractivity contribution in [1.29, 1.82) is 0 Å². The zero-order valence-corrected chi connectivity index (χ0v) is 11.7. The second-order valence-corrected chi connectivity index (χ2v) is 4.88. The molecule has 0 aliphatic heterocycles. The Labute approximate surface area is 121 Å². The molecule has 0 amide bonds. The summed E-state index contributed by atoms with van der Waals surface area (Å²) in [5.41, 5.74) is 7.38. The number of aliphatic hydroxyl groups excluding tert-OH is 1. The van der Waals surface area contributed by atoms with Gasteiger partial charge in [-0.1, -0.05) is 35.3 Å². The highest BCUT2D eigenvalue weighted by atomic mass is 35.5. The minimum absolute atomic E-state index is 0.383. The van der Waals surface area contributed by atoms with Gasteiger partial charge in [0, 0.05) is 21.2 Å². The van der Waals surface area contributed by atoms with Gasteiger partial charge in [-0.2, -0.15) is 0 Å². The quantitative estimate of drug-likeness (QED) is 0.850. The fraction of sp³-hybridized carbons (Fsp3) is 0.143. The molecule has 3 nitrogen and oxygen atoms in total. The Morgan fingerprint density at radius 3 is 2.58 bits per heavy atom. The van der Waals surface area contributed by atoms with Crippen molar-refractivity contribution in [1.82, 2.24) is 0 Å². The summed E-state index contributed by atoms with van der Waals surface area (Å²) in [6.45, 7) is 0. The van der Waals surface area contributed by atoms with Crippen LogP contribution in [0.5, 0.6) is 5.75 Å². The first-order valence-corrected chi connectivity index (χ1v) is 6.35. The molecule has 1 unspecified atom stereocenters. The van der Waals surface area contributed by atoms with E-state index in [1.54, 1.807) is 36.4 Å². The third-order valence-corrected chi connectivity index (χ3v) is 3.45. The molecule has 100 valence electrons. The van der Waals surface area contributed by atoms with E-state index >= 15 is 0 Å². The summed E-state index contributed by atoms with van der Waals surface area (Å²) in [5.74, 6) is 0.509. The van der Waals surface area contributed by atoms with Gasteiger partial charge in [0.2, 0.25) is 0 Å². The van der Waals surface area contributed by atoms with Crippen LogP contribution in [0, 0.1) is 0 Å². The largest absolute Gasteiger partial charge is 0.495 e. The van der Waals surface area contributed by atoms with Gasteiger partial charge >= 0.3 is 0 Å². The molecule has 5 heteroatoms. The molecule has 0 heterocycles. The number of nitrogen functional groups attached to an aromatic ring is 1. The van der Waals surface area contributed by atoms with E-state index < -0.39 is 6.10 Å². The molecule has 2 rings (SSSR count). The minimum atomic E-state index is -0.957. The molecule has 0 bridgehead atoms. The zero-order chi connectivity index (χ0) is 14.0. The lowest BCUT2D eigenvalue weighted by Gasteiger charge is -2.17. The maximum atomic E-state index is 10.4. The molecule has 19 heavy (non-hydrogen) atoms. The molecule has 0 radical (unpaired) electrons. The average molecular weight is 298 g/mol. The molecule has 0 saturated heterocycles. The Balaban J connectivity index is 2.50. The summed E-state index contributed by atoms with van der Waals surface area (Å²) in [5, 5.41) is 11.3. The average Bonchev–Trinajstić information content (AvgIpc) is 2.41. The SMILES string of the molecule is COc1cccc(C(O)c2cc(Cl)ccc2Cl)c1N. The number of hydrogen-bond acceptors (Lipinski definition) is 3. The minimum Gasteiger partial charge on any atom is -0.495 e. The van der Waals surface area contributed by atoms with E-state index in [0.717, 1.165) is 0 Å². The molecule has 2 aromatic rings. The van der Waals surface area contributed by atoms with E-state index in [2.05, 4.69) is 0 Å². The molecule has 0 saturated carbocycles. The molecule has 0 spiro atoms. The van der Waals surface area contributed by atoms with Crippen LogP contribution < -0.4 is 10.5 Å². The van der Waals surface area contributed by atoms with E-state index in [-0.39, 0.29) is 0 Å². The Morgan fingerprint density at radius 1 is 1.16 bits per heavy atom. The molecule has 0 fully saturated rings. The van der Waals surface area contributed by atoms with E-state index in [4.69, 9.17) is 33.7 Å². The van der Waals surface area contributed by atoms with Crippen LogP contribution in [-0.2, 0) is 0 Å². The Bertz CT molecular complexity index is 602. The lowest BCUT2D eigenvalue weighted by molar-refractivity contribution is 0.221. The highest BCUT2D eigenvalue weighted by Gasteiger charge is 2.18. The monoisotopic (exact) mass is 297 g/mol. The van der Waals surface area contributed by atoms with Crippen LogP contribution in [0.15, 0.2) is 36.4 Å². The van der Waals surface area contributed by atoms with Crippen molar-refractivity contribution in [3.05, 3.63) is 57.6 Å². The van der Waals surface area contributed by atoms with Gasteiger partial charge in [0.25, 0.3) is 0 Å². The fourth-order valence-electron chi connectivity index (χ4n) is 1.87. The molecule has 2 aromatic carbocycles. The normalized spacial score (nSPS) is 12.2. The summed E-state index contributed by atoms with van der Waals surface area (Å²) in [6, 6.07) is 10.1. The predicted octanol–water partition coefficient (Wildman–Crippen LogP) is 3.67. The van der Waals surface area contributed by atoms with E-state index in [0.29, 0.717) is 32.6 Å². The smallest absolute Gasteiger partial charge is 0.142 e. The van der Waals surface area contributed by atoms with E-state index in [9.17, 15) is 5.11 Å². The summed E-state index contributed by atoms with van der Waals surface area (Å²) in [4.78, 5) is 0. The Morgan fingerprint density at radius 2 is 1.89 bits per heavy atom. The summed E-state index contributed by atoms with van der Waals surface area (Å²) in [6.07, 6.45) is -0.957. The van der Waals surface area contributed by atoms with Crippen LogP contribution in [0.3, 0.4) is 0 Å². The second-order valence-electron chi connectivity index (χ2n) is 4.03. The van der Waals surface area contributed by atoms with Crippen molar-refractivity contribution in [2.75, 3.05) is 12.8 Å². The van der Waals surface area contributed by atoms with Crippen molar-refractivity contribution in [2.24, 2.45) is 0 Å². The highest BCUT2D eigenvalue weighted by Crippen LogP contribution is 2.36. The van der Waals surface area contributed by atoms with Crippen LogP contribution in [-0.4, -0.2) is 12.2 Å². The third kappa shape index (κ3) is 2.78. The number of anilines is 1. The molecule has 1 atom stereocenters. The van der Waals surface area contributed by atoms with Crippen LogP contribution in [0.2, 0.25) is 10.0 Å². The number of aliphatic hydroxyl groups is 1. The van der Waals surface area contributed by atoms with Gasteiger partial charge in [-0.15, -0.1) is 0 Å². The number of benzene rings is 2. The van der Waals surface area contributed by atoms with Gasteiger partial charge < -0.3 is 15.6 Å². The lowest BCUT2D eigenvalue weighted by atomic mass is 9.99. The molecular formula is C14H13Cl2NO2. The van der Waals surface area contributed by atoms with Gasteiger partial charge in [-0.25, -0.2) is 0 Å². The predicted molar refractivity (Wildman–Crippen MR) is 77.9 cm³/mol. The lowest BCUT2D eigenvalue weighted by Crippen LogP contribution is -2.05. The summed E-state index contributed by atoms with van der Waals surface area (Å²) < 4.78 is 5.13. The van der Waals surface area contributed by atoms with E-state index in [1.165, 1.54) is 7.11 Å². The van der Waals surface area contributed by atoms with Gasteiger partial charge in [0.05, 0.1) is 12.8 Å². The third-order valence-electron chi connectivity index (χ3n) is 2.87. The first-order valence-electron chi connectivity index (χ1n) is 5.60. The Kier molecular flexibility index (Phi) is 4.20. The van der Waals surface area contributed by atoms with Crippen molar-refractivity contribution in [3.63, 3.8) is 0 Å². The molecule has 3 N–H and O–H groups in total. The van der Waals surface area contributed by atoms with Gasteiger partial charge in [-0.3, -0.25) is 0 Å². The van der Waals surface area contributed by atoms with E-state index in [1.807, 2.05) is 0 Å². The summed E-state index contributed by atoms with van der Waals surface area (Å²) in [7, 11) is 1.52. The standard InChI is InChI=1S/C14H13Cl2NO2/c1-19-12-4-2-3-9(13(12)17)14(18)10-7-8(15)5-6-11(10)16/h2-7,14,18H,17H2,1H3. The number of para-hydroxylation sites is 1. The van der Waals surface area contributed by atoms with Gasteiger partial charge in [-0.05, 0) is 24.3 Å². The van der Waals surface area contributed by atoms with Crippen LogP contribution in [0.4, 0.5) is 5.69 Å². The van der Waals surface area contributed by atoms with Crippen molar-refractivity contribution < 1.29 is 9.84 Å². The number of rotatable bonds is 3. The van der Waals surface area contributed by atoms with Crippen LogP contribution in [0.1, 0.15) is 17.2 Å². The first-order chi connectivity index (χ1) is 9.04. The Hall–Kier alpha value is -1.42.